The van der Waals surface area contributed by atoms with Gasteiger partial charge in [0.15, 0.2) is 0 Å². The summed E-state index contributed by atoms with van der Waals surface area (Å²) in [5.41, 5.74) is 7.41. The summed E-state index contributed by atoms with van der Waals surface area (Å²) < 4.78 is 12.9. The molecule has 0 spiro atoms. The van der Waals surface area contributed by atoms with Gasteiger partial charge in [0.2, 0.25) is 11.8 Å². The predicted octanol–water partition coefficient (Wildman–Crippen LogP) is 3.13. The Morgan fingerprint density at radius 1 is 1.08 bits per heavy atom. The van der Waals surface area contributed by atoms with Crippen molar-refractivity contribution in [1.82, 2.24) is 4.90 Å². The van der Waals surface area contributed by atoms with Crippen molar-refractivity contribution in [2.75, 3.05) is 0 Å². The van der Waals surface area contributed by atoms with Gasteiger partial charge in [-0.3, -0.25) is 9.59 Å². The van der Waals surface area contributed by atoms with Crippen LogP contribution >= 0.6 is 0 Å². The molecule has 5 heteroatoms. The molecule has 0 atom stereocenters. The Labute approximate surface area is 145 Å². The van der Waals surface area contributed by atoms with Crippen LogP contribution in [0.1, 0.15) is 34.3 Å². The first-order valence-electron chi connectivity index (χ1n) is 8.16. The summed E-state index contributed by atoms with van der Waals surface area (Å²) in [6.07, 6.45) is 5.20. The van der Waals surface area contributed by atoms with E-state index < -0.39 is 5.91 Å². The van der Waals surface area contributed by atoms with Gasteiger partial charge in [-0.1, -0.05) is 24.3 Å². The van der Waals surface area contributed by atoms with Crippen LogP contribution in [0, 0.1) is 5.82 Å². The molecule has 0 radical (unpaired) electrons. The molecule has 0 saturated heterocycles. The Morgan fingerprint density at radius 3 is 2.28 bits per heavy atom. The second kappa shape index (κ2) is 7.30. The number of hydrogen-bond acceptors (Lipinski definition) is 2. The molecule has 25 heavy (non-hydrogen) atoms. The zero-order chi connectivity index (χ0) is 17.8. The van der Waals surface area contributed by atoms with Crippen molar-refractivity contribution in [3.8, 4) is 0 Å². The molecule has 4 nitrogen and oxygen atoms in total. The van der Waals surface area contributed by atoms with Gasteiger partial charge in [0, 0.05) is 24.2 Å². The lowest BCUT2D eigenvalue weighted by Gasteiger charge is -2.21. The maximum atomic E-state index is 12.9. The number of nitrogens with zero attached hydrogens (tertiary/aromatic N) is 1. The van der Waals surface area contributed by atoms with Crippen molar-refractivity contribution in [1.29, 1.82) is 0 Å². The van der Waals surface area contributed by atoms with E-state index >= 15 is 0 Å². The summed E-state index contributed by atoms with van der Waals surface area (Å²) >= 11 is 0. The molecule has 2 N–H and O–H groups in total. The maximum absolute atomic E-state index is 12.9. The summed E-state index contributed by atoms with van der Waals surface area (Å²) in [6.45, 7) is 0.482. The third-order valence-electron chi connectivity index (χ3n) is 4.15. The molecule has 0 heterocycles. The first-order chi connectivity index (χ1) is 12.0. The molecule has 2 aromatic carbocycles. The van der Waals surface area contributed by atoms with Gasteiger partial charge in [-0.25, -0.2) is 4.39 Å². The fourth-order valence-corrected chi connectivity index (χ4v) is 2.58. The van der Waals surface area contributed by atoms with E-state index in [0.29, 0.717) is 12.1 Å². The standard InChI is InChI=1S/C20H19FN2O2/c21-17-8-3-14(4-9-17)5-12-19(24)23(18-10-11-18)13-15-1-6-16(7-2-15)20(22)25/h1-9,12,18H,10-11,13H2,(H2,22,25)/b12-5+. The fraction of sp³-hybridized carbons (Fsp3) is 0.200. The minimum atomic E-state index is -0.469. The first kappa shape index (κ1) is 16.9. The molecule has 1 saturated carbocycles. The zero-order valence-electron chi connectivity index (χ0n) is 13.7. The largest absolute Gasteiger partial charge is 0.366 e. The molecular weight excluding hydrogens is 319 g/mol. The van der Waals surface area contributed by atoms with Gasteiger partial charge in [-0.05, 0) is 54.3 Å². The number of nitrogens with two attached hydrogens (primary N) is 1. The SMILES string of the molecule is NC(=O)c1ccc(CN(C(=O)/C=C/c2ccc(F)cc2)C2CC2)cc1. The molecule has 2 aromatic rings. The Kier molecular flexibility index (Phi) is 4.93. The van der Waals surface area contributed by atoms with Crippen molar-refractivity contribution in [3.05, 3.63) is 77.1 Å². The number of primary amides is 1. The average molecular weight is 338 g/mol. The van der Waals surface area contributed by atoms with Crippen molar-refractivity contribution >= 4 is 17.9 Å². The van der Waals surface area contributed by atoms with E-state index in [1.165, 1.54) is 18.2 Å². The minimum absolute atomic E-state index is 0.0780. The average Bonchev–Trinajstić information content (AvgIpc) is 3.44. The molecule has 1 fully saturated rings. The predicted molar refractivity (Wildman–Crippen MR) is 94.0 cm³/mol. The minimum Gasteiger partial charge on any atom is -0.366 e. The molecule has 2 amide bonds. The van der Waals surface area contributed by atoms with Crippen LogP contribution in [0.3, 0.4) is 0 Å². The van der Waals surface area contributed by atoms with E-state index in [1.54, 1.807) is 30.3 Å². The van der Waals surface area contributed by atoms with E-state index in [9.17, 15) is 14.0 Å². The molecule has 0 aliphatic heterocycles. The van der Waals surface area contributed by atoms with Crippen LogP contribution in [-0.4, -0.2) is 22.8 Å². The Balaban J connectivity index is 1.69. The summed E-state index contributed by atoms with van der Waals surface area (Å²) in [4.78, 5) is 25.5. The molecular formula is C20H19FN2O2. The zero-order valence-corrected chi connectivity index (χ0v) is 13.7. The normalized spacial score (nSPS) is 13.8. The van der Waals surface area contributed by atoms with Crippen molar-refractivity contribution in [2.24, 2.45) is 5.73 Å². The second-order valence-electron chi connectivity index (χ2n) is 6.14. The number of halogens is 1. The summed E-state index contributed by atoms with van der Waals surface area (Å²) in [6, 6.07) is 13.2. The first-order valence-corrected chi connectivity index (χ1v) is 8.16. The summed E-state index contributed by atoms with van der Waals surface area (Å²) in [5.74, 6) is -0.850. The summed E-state index contributed by atoms with van der Waals surface area (Å²) in [5, 5.41) is 0. The lowest BCUT2D eigenvalue weighted by Crippen LogP contribution is -2.31. The van der Waals surface area contributed by atoms with E-state index in [-0.39, 0.29) is 17.8 Å². The van der Waals surface area contributed by atoms with Crippen LogP contribution in [0.5, 0.6) is 0 Å². The van der Waals surface area contributed by atoms with Crippen LogP contribution in [-0.2, 0) is 11.3 Å². The van der Waals surface area contributed by atoms with Crippen LogP contribution in [0.15, 0.2) is 54.6 Å². The molecule has 3 rings (SSSR count). The molecule has 0 unspecified atom stereocenters. The van der Waals surface area contributed by atoms with Crippen LogP contribution in [0.4, 0.5) is 4.39 Å². The number of hydrogen-bond donors (Lipinski definition) is 1. The highest BCUT2D eigenvalue weighted by Gasteiger charge is 2.31. The Morgan fingerprint density at radius 2 is 1.72 bits per heavy atom. The van der Waals surface area contributed by atoms with Gasteiger partial charge < -0.3 is 10.6 Å². The molecule has 1 aliphatic carbocycles. The van der Waals surface area contributed by atoms with Gasteiger partial charge in [-0.15, -0.1) is 0 Å². The number of benzene rings is 2. The van der Waals surface area contributed by atoms with E-state index in [4.69, 9.17) is 5.73 Å². The fourth-order valence-electron chi connectivity index (χ4n) is 2.58. The topological polar surface area (TPSA) is 63.4 Å². The molecule has 0 bridgehead atoms. The highest BCUT2D eigenvalue weighted by Crippen LogP contribution is 2.28. The highest BCUT2D eigenvalue weighted by atomic mass is 19.1. The van der Waals surface area contributed by atoms with Gasteiger partial charge in [0.05, 0.1) is 0 Å². The summed E-state index contributed by atoms with van der Waals surface area (Å²) in [7, 11) is 0. The monoisotopic (exact) mass is 338 g/mol. The van der Waals surface area contributed by atoms with E-state index in [2.05, 4.69) is 0 Å². The Bertz CT molecular complexity index is 793. The number of carbonyl (C=O) groups excluding carboxylic acids is 2. The number of carbonyl (C=O) groups is 2. The quantitative estimate of drug-likeness (QED) is 0.823. The number of amides is 2. The molecule has 1 aliphatic rings. The third-order valence-corrected chi connectivity index (χ3v) is 4.15. The lowest BCUT2D eigenvalue weighted by atomic mass is 10.1. The van der Waals surface area contributed by atoms with E-state index in [1.807, 2.05) is 17.0 Å². The molecule has 0 aromatic heterocycles. The van der Waals surface area contributed by atoms with Crippen LogP contribution in [0.2, 0.25) is 0 Å². The Hall–Kier alpha value is -2.95. The van der Waals surface area contributed by atoms with Gasteiger partial charge in [0.25, 0.3) is 0 Å². The van der Waals surface area contributed by atoms with Crippen molar-refractivity contribution in [2.45, 2.75) is 25.4 Å². The number of rotatable bonds is 6. The third kappa shape index (κ3) is 4.53. The molecule has 128 valence electrons. The van der Waals surface area contributed by atoms with Crippen molar-refractivity contribution < 1.29 is 14.0 Å². The van der Waals surface area contributed by atoms with Crippen LogP contribution < -0.4 is 5.73 Å². The van der Waals surface area contributed by atoms with Crippen molar-refractivity contribution in [3.63, 3.8) is 0 Å². The smallest absolute Gasteiger partial charge is 0.248 e. The van der Waals surface area contributed by atoms with Gasteiger partial charge in [-0.2, -0.15) is 0 Å². The maximum Gasteiger partial charge on any atom is 0.248 e. The highest BCUT2D eigenvalue weighted by molar-refractivity contribution is 5.93. The lowest BCUT2D eigenvalue weighted by molar-refractivity contribution is -0.127. The second-order valence-corrected chi connectivity index (χ2v) is 6.14. The van der Waals surface area contributed by atoms with Gasteiger partial charge in [0.1, 0.15) is 5.82 Å². The van der Waals surface area contributed by atoms with Crippen LogP contribution in [0.25, 0.3) is 6.08 Å². The van der Waals surface area contributed by atoms with Gasteiger partial charge >= 0.3 is 0 Å². The van der Waals surface area contributed by atoms with E-state index in [0.717, 1.165) is 24.0 Å².